The zero-order chi connectivity index (χ0) is 19.4. The maximum Gasteiger partial charge on any atom is 0.405 e. The zero-order valence-corrected chi connectivity index (χ0v) is 13.9. The smallest absolute Gasteiger partial charge is 0.345 e. The molecular weight excluding hydrogens is 367 g/mol. The van der Waals surface area contributed by atoms with Gasteiger partial charge in [-0.25, -0.2) is 0 Å². The summed E-state index contributed by atoms with van der Waals surface area (Å²) in [5.41, 5.74) is -0.651. The Bertz CT molecular complexity index is 680. The summed E-state index contributed by atoms with van der Waals surface area (Å²) in [7, 11) is 0. The Labute approximate surface area is 145 Å². The van der Waals surface area contributed by atoms with Gasteiger partial charge in [-0.15, -0.1) is 0 Å². The van der Waals surface area contributed by atoms with Gasteiger partial charge in [0.05, 0.1) is 4.92 Å². The molecule has 0 aliphatic carbocycles. The number of halogens is 4. The average molecular weight is 382 g/mol. The number of nitrogens with one attached hydrogen (secondary N) is 2. The van der Waals surface area contributed by atoms with Gasteiger partial charge >= 0.3 is 6.18 Å². The van der Waals surface area contributed by atoms with Crippen molar-refractivity contribution in [3.05, 3.63) is 38.9 Å². The first-order valence-corrected chi connectivity index (χ1v) is 7.39. The van der Waals surface area contributed by atoms with Gasteiger partial charge in [0, 0.05) is 11.6 Å². The molecule has 0 aliphatic heterocycles. The van der Waals surface area contributed by atoms with Crippen LogP contribution in [0.5, 0.6) is 0 Å². The molecule has 0 bridgehead atoms. The monoisotopic (exact) mass is 381 g/mol. The number of alkyl halides is 3. The molecule has 0 heterocycles. The molecule has 0 aliphatic rings. The second-order valence-corrected chi connectivity index (χ2v) is 5.86. The van der Waals surface area contributed by atoms with Crippen molar-refractivity contribution in [1.82, 2.24) is 10.6 Å². The Kier molecular flexibility index (Phi) is 6.74. The van der Waals surface area contributed by atoms with Gasteiger partial charge in [-0.3, -0.25) is 19.7 Å². The summed E-state index contributed by atoms with van der Waals surface area (Å²) in [6.07, 6.45) is -4.59. The van der Waals surface area contributed by atoms with Crippen molar-refractivity contribution in [2.45, 2.75) is 26.1 Å². The largest absolute Gasteiger partial charge is 0.405 e. The normalized spacial score (nSPS) is 12.6. The van der Waals surface area contributed by atoms with Gasteiger partial charge < -0.3 is 10.6 Å². The van der Waals surface area contributed by atoms with Gasteiger partial charge in [0.2, 0.25) is 5.91 Å². The number of carbonyl (C=O) groups is 2. The molecule has 1 aromatic carbocycles. The third kappa shape index (κ3) is 6.22. The van der Waals surface area contributed by atoms with Crippen LogP contribution < -0.4 is 10.6 Å². The number of carbonyl (C=O) groups excluding carboxylic acids is 2. The number of amides is 2. The fraction of sp³-hybridized carbons (Fsp3) is 0.429. The summed E-state index contributed by atoms with van der Waals surface area (Å²) in [6, 6.07) is 2.02. The highest BCUT2D eigenvalue weighted by atomic mass is 35.5. The van der Waals surface area contributed by atoms with E-state index in [0.717, 1.165) is 12.1 Å². The predicted molar refractivity (Wildman–Crippen MR) is 83.3 cm³/mol. The van der Waals surface area contributed by atoms with Gasteiger partial charge in [-0.2, -0.15) is 13.2 Å². The fourth-order valence-corrected chi connectivity index (χ4v) is 2.04. The molecule has 1 atom stereocenters. The van der Waals surface area contributed by atoms with Crippen LogP contribution in [-0.4, -0.2) is 35.5 Å². The minimum absolute atomic E-state index is 0.148. The topological polar surface area (TPSA) is 101 Å². The van der Waals surface area contributed by atoms with Crippen LogP contribution in [0.1, 0.15) is 24.2 Å². The first-order chi connectivity index (χ1) is 11.4. The Balaban J connectivity index is 2.92. The first kappa shape index (κ1) is 20.7. The number of benzene rings is 1. The van der Waals surface area contributed by atoms with E-state index in [1.165, 1.54) is 19.9 Å². The molecule has 0 saturated carbocycles. The van der Waals surface area contributed by atoms with Crippen LogP contribution in [-0.2, 0) is 4.79 Å². The van der Waals surface area contributed by atoms with Gasteiger partial charge in [0.15, 0.2) is 0 Å². The number of nitro benzene ring substituents is 1. The molecule has 1 rings (SSSR count). The van der Waals surface area contributed by atoms with Crippen LogP contribution >= 0.6 is 11.6 Å². The lowest BCUT2D eigenvalue weighted by Crippen LogP contribution is -2.51. The van der Waals surface area contributed by atoms with Crippen molar-refractivity contribution in [2.75, 3.05) is 6.54 Å². The molecule has 138 valence electrons. The van der Waals surface area contributed by atoms with E-state index >= 15 is 0 Å². The number of hydrogen-bond donors (Lipinski definition) is 2. The van der Waals surface area contributed by atoms with Crippen molar-refractivity contribution >= 4 is 29.1 Å². The molecular formula is C14H15ClF3N3O4. The van der Waals surface area contributed by atoms with E-state index in [1.807, 2.05) is 0 Å². The third-order valence-corrected chi connectivity index (χ3v) is 3.42. The summed E-state index contributed by atoms with van der Waals surface area (Å²) in [4.78, 5) is 34.1. The molecule has 0 saturated heterocycles. The lowest BCUT2D eigenvalue weighted by Gasteiger charge is -2.22. The SMILES string of the molecule is CC(C)C(NC(=O)c1ccc(Cl)c([N+](=O)[O-])c1)C(=O)NCC(F)(F)F. The Morgan fingerprint density at radius 1 is 1.32 bits per heavy atom. The highest BCUT2D eigenvalue weighted by Crippen LogP contribution is 2.25. The highest BCUT2D eigenvalue weighted by molar-refractivity contribution is 6.32. The molecule has 1 aromatic rings. The quantitative estimate of drug-likeness (QED) is 0.584. The minimum atomic E-state index is -4.59. The van der Waals surface area contributed by atoms with Crippen LogP contribution in [0.4, 0.5) is 18.9 Å². The summed E-state index contributed by atoms with van der Waals surface area (Å²) in [5, 5.41) is 14.6. The van der Waals surface area contributed by atoms with Crippen LogP contribution in [0, 0.1) is 16.0 Å². The van der Waals surface area contributed by atoms with Crippen molar-refractivity contribution in [3.8, 4) is 0 Å². The van der Waals surface area contributed by atoms with Crippen LogP contribution in [0.25, 0.3) is 0 Å². The van der Waals surface area contributed by atoms with Crippen LogP contribution in [0.2, 0.25) is 5.02 Å². The van der Waals surface area contributed by atoms with E-state index in [4.69, 9.17) is 11.6 Å². The lowest BCUT2D eigenvalue weighted by atomic mass is 10.0. The van der Waals surface area contributed by atoms with Gasteiger partial charge in [-0.05, 0) is 18.1 Å². The van der Waals surface area contributed by atoms with Crippen LogP contribution in [0.15, 0.2) is 18.2 Å². The predicted octanol–water partition coefficient (Wildman–Crippen LogP) is 2.68. The Hall–Kier alpha value is -2.36. The number of nitro groups is 1. The molecule has 0 radical (unpaired) electrons. The molecule has 0 aromatic heterocycles. The second kappa shape index (κ2) is 8.15. The summed E-state index contributed by atoms with van der Waals surface area (Å²) in [5.74, 6) is -2.37. The Morgan fingerprint density at radius 3 is 2.40 bits per heavy atom. The number of hydrogen-bond acceptors (Lipinski definition) is 4. The molecule has 1 unspecified atom stereocenters. The molecule has 0 fully saturated rings. The zero-order valence-electron chi connectivity index (χ0n) is 13.2. The molecule has 7 nitrogen and oxygen atoms in total. The lowest BCUT2D eigenvalue weighted by molar-refractivity contribution is -0.384. The molecule has 0 spiro atoms. The second-order valence-electron chi connectivity index (χ2n) is 5.45. The van der Waals surface area contributed by atoms with E-state index in [2.05, 4.69) is 5.32 Å². The first-order valence-electron chi connectivity index (χ1n) is 7.01. The van der Waals surface area contributed by atoms with E-state index in [1.54, 1.807) is 5.32 Å². The summed E-state index contributed by atoms with van der Waals surface area (Å²) >= 11 is 5.64. The highest BCUT2D eigenvalue weighted by Gasteiger charge is 2.31. The summed E-state index contributed by atoms with van der Waals surface area (Å²) < 4.78 is 36.6. The van der Waals surface area contributed by atoms with Crippen molar-refractivity contribution in [3.63, 3.8) is 0 Å². The van der Waals surface area contributed by atoms with Gasteiger partial charge in [0.1, 0.15) is 17.6 Å². The standard InChI is InChI=1S/C14H15ClF3N3O4/c1-7(2)11(13(23)19-6-14(16,17)18)20-12(22)8-3-4-9(15)10(5-8)21(24)25/h3-5,7,11H,6H2,1-2H3,(H,19,23)(H,20,22). The van der Waals surface area contributed by atoms with Crippen molar-refractivity contribution < 1.29 is 27.7 Å². The molecule has 11 heteroatoms. The molecule has 2 N–H and O–H groups in total. The number of nitrogens with zero attached hydrogens (tertiary/aromatic N) is 1. The Morgan fingerprint density at radius 2 is 1.92 bits per heavy atom. The van der Waals surface area contributed by atoms with Crippen LogP contribution in [0.3, 0.4) is 0 Å². The average Bonchev–Trinajstić information content (AvgIpc) is 2.49. The minimum Gasteiger partial charge on any atom is -0.345 e. The fourth-order valence-electron chi connectivity index (χ4n) is 1.85. The summed E-state index contributed by atoms with van der Waals surface area (Å²) in [6.45, 7) is 1.53. The van der Waals surface area contributed by atoms with Crippen molar-refractivity contribution in [1.29, 1.82) is 0 Å². The van der Waals surface area contributed by atoms with E-state index in [9.17, 15) is 32.9 Å². The van der Waals surface area contributed by atoms with Gasteiger partial charge in [-0.1, -0.05) is 25.4 Å². The van der Waals surface area contributed by atoms with E-state index < -0.39 is 47.1 Å². The molecule has 25 heavy (non-hydrogen) atoms. The maximum absolute atomic E-state index is 12.2. The van der Waals surface area contributed by atoms with Crippen molar-refractivity contribution in [2.24, 2.45) is 5.92 Å². The molecule has 2 amide bonds. The third-order valence-electron chi connectivity index (χ3n) is 3.10. The maximum atomic E-state index is 12.2. The van der Waals surface area contributed by atoms with E-state index in [0.29, 0.717) is 0 Å². The van der Waals surface area contributed by atoms with Gasteiger partial charge in [0.25, 0.3) is 11.6 Å². The van der Waals surface area contributed by atoms with E-state index in [-0.39, 0.29) is 10.6 Å². The number of rotatable bonds is 6.